The molecule has 1 amide bonds. The van der Waals surface area contributed by atoms with Crippen molar-refractivity contribution < 1.29 is 4.79 Å². The van der Waals surface area contributed by atoms with Crippen molar-refractivity contribution in [3.05, 3.63) is 106 Å². The van der Waals surface area contributed by atoms with E-state index in [2.05, 4.69) is 48.9 Å². The van der Waals surface area contributed by atoms with Gasteiger partial charge in [0.05, 0.1) is 17.6 Å². The molecule has 0 spiro atoms. The fourth-order valence-electron chi connectivity index (χ4n) is 4.02. The van der Waals surface area contributed by atoms with Gasteiger partial charge in [0.25, 0.3) is 0 Å². The number of aryl methyl sites for hydroxylation is 3. The first-order valence-corrected chi connectivity index (χ1v) is 10.5. The van der Waals surface area contributed by atoms with Crippen molar-refractivity contribution in [3.63, 3.8) is 0 Å². The van der Waals surface area contributed by atoms with Crippen LogP contribution in [0, 0.1) is 20.8 Å². The van der Waals surface area contributed by atoms with Gasteiger partial charge in [0.15, 0.2) is 0 Å². The van der Waals surface area contributed by atoms with Gasteiger partial charge in [0, 0.05) is 12.6 Å². The highest BCUT2D eigenvalue weighted by molar-refractivity contribution is 5.91. The number of imidazole rings is 1. The van der Waals surface area contributed by atoms with Crippen molar-refractivity contribution in [3.8, 4) is 0 Å². The molecule has 0 saturated heterocycles. The van der Waals surface area contributed by atoms with Crippen molar-refractivity contribution in [2.45, 2.75) is 33.9 Å². The third-order valence-electron chi connectivity index (χ3n) is 5.54. The first kappa shape index (κ1) is 20.6. The number of carbonyl (C=O) groups excluding carboxylic acids is 1. The molecule has 1 aromatic heterocycles. The minimum absolute atomic E-state index is 0.134. The monoisotopic (exact) mass is 409 g/mol. The Bertz CT molecular complexity index is 1230. The number of amides is 1. The summed E-state index contributed by atoms with van der Waals surface area (Å²) in [5, 5.41) is 2.99. The second kappa shape index (κ2) is 9.00. The smallest absolute Gasteiger partial charge is 0.244 e. The van der Waals surface area contributed by atoms with E-state index in [-0.39, 0.29) is 5.91 Å². The van der Waals surface area contributed by atoms with Gasteiger partial charge in [0.1, 0.15) is 5.82 Å². The second-order valence-corrected chi connectivity index (χ2v) is 7.94. The van der Waals surface area contributed by atoms with E-state index in [0.29, 0.717) is 6.54 Å². The van der Waals surface area contributed by atoms with Crippen LogP contribution in [0.4, 0.5) is 0 Å². The van der Waals surface area contributed by atoms with Crippen LogP contribution >= 0.6 is 0 Å². The predicted octanol–water partition coefficient (Wildman–Crippen LogP) is 5.34. The third-order valence-corrected chi connectivity index (χ3v) is 5.54. The topological polar surface area (TPSA) is 46.9 Å². The highest BCUT2D eigenvalue weighted by atomic mass is 16.1. The summed E-state index contributed by atoms with van der Waals surface area (Å²) in [5.41, 5.74) is 8.12. The summed E-state index contributed by atoms with van der Waals surface area (Å²) in [5.74, 6) is 0.715. The van der Waals surface area contributed by atoms with Gasteiger partial charge in [-0.25, -0.2) is 4.98 Å². The molecule has 0 radical (unpaired) electrons. The average Bonchev–Trinajstić information content (AvgIpc) is 3.11. The Morgan fingerprint density at radius 1 is 0.968 bits per heavy atom. The molecule has 0 saturated carbocycles. The van der Waals surface area contributed by atoms with Crippen molar-refractivity contribution in [1.82, 2.24) is 14.9 Å². The van der Waals surface area contributed by atoms with Crippen LogP contribution in [-0.4, -0.2) is 15.5 Å². The molecule has 4 nitrogen and oxygen atoms in total. The molecule has 0 bridgehead atoms. The van der Waals surface area contributed by atoms with E-state index in [0.717, 1.165) is 29.0 Å². The van der Waals surface area contributed by atoms with E-state index in [1.165, 1.54) is 22.3 Å². The molecule has 1 heterocycles. The molecule has 0 unspecified atom stereocenters. The lowest BCUT2D eigenvalue weighted by molar-refractivity contribution is -0.116. The van der Waals surface area contributed by atoms with Gasteiger partial charge in [-0.1, -0.05) is 60.2 Å². The van der Waals surface area contributed by atoms with Gasteiger partial charge in [-0.2, -0.15) is 0 Å². The number of aromatic nitrogens is 2. The minimum Gasteiger partial charge on any atom is -0.345 e. The zero-order valence-electron chi connectivity index (χ0n) is 18.2. The van der Waals surface area contributed by atoms with E-state index >= 15 is 0 Å². The van der Waals surface area contributed by atoms with E-state index in [1.54, 1.807) is 6.08 Å². The molecule has 3 aromatic carbocycles. The average molecular weight is 410 g/mol. The number of rotatable bonds is 6. The van der Waals surface area contributed by atoms with E-state index < -0.39 is 0 Å². The van der Waals surface area contributed by atoms with Crippen molar-refractivity contribution in [1.29, 1.82) is 0 Å². The van der Waals surface area contributed by atoms with Crippen LogP contribution in [0.15, 0.2) is 72.8 Å². The molecule has 0 atom stereocenters. The SMILES string of the molecule is Cc1cc(C)c(Cn2c(CNC(=O)/C=C\c3ccccc3)nc3ccccc32)c(C)c1. The summed E-state index contributed by atoms with van der Waals surface area (Å²) in [6, 6.07) is 22.4. The van der Waals surface area contributed by atoms with Crippen molar-refractivity contribution in [2.24, 2.45) is 0 Å². The Morgan fingerprint density at radius 3 is 2.39 bits per heavy atom. The maximum atomic E-state index is 12.4. The van der Waals surface area contributed by atoms with Crippen LogP contribution in [0.25, 0.3) is 17.1 Å². The molecule has 1 N–H and O–H groups in total. The number of hydrogen-bond donors (Lipinski definition) is 1. The quantitative estimate of drug-likeness (QED) is 0.437. The highest BCUT2D eigenvalue weighted by Crippen LogP contribution is 2.22. The number of fused-ring (bicyclic) bond motifs is 1. The van der Waals surface area contributed by atoms with Crippen LogP contribution in [0.1, 0.15) is 33.6 Å². The van der Waals surface area contributed by atoms with Gasteiger partial charge < -0.3 is 9.88 Å². The fraction of sp³-hybridized carbons (Fsp3) is 0.185. The molecular weight excluding hydrogens is 382 g/mol. The number of nitrogens with one attached hydrogen (secondary N) is 1. The Balaban J connectivity index is 1.58. The van der Waals surface area contributed by atoms with Crippen molar-refractivity contribution in [2.75, 3.05) is 0 Å². The summed E-state index contributed by atoms with van der Waals surface area (Å²) in [4.78, 5) is 17.2. The molecule has 0 aliphatic rings. The Hall–Kier alpha value is -3.66. The molecular formula is C27H27N3O. The van der Waals surface area contributed by atoms with Gasteiger partial charge >= 0.3 is 0 Å². The standard InChI is InChI=1S/C27H27N3O/c1-19-15-20(2)23(21(3)16-19)18-30-25-12-8-7-11-24(25)29-26(30)17-28-27(31)14-13-22-9-5-4-6-10-22/h4-16H,17-18H2,1-3H3,(H,28,31)/b14-13-. The molecule has 156 valence electrons. The minimum atomic E-state index is -0.134. The van der Waals surface area contributed by atoms with E-state index in [9.17, 15) is 4.79 Å². The maximum Gasteiger partial charge on any atom is 0.244 e. The molecule has 0 fully saturated rings. The Kier molecular flexibility index (Phi) is 5.99. The molecule has 0 aliphatic heterocycles. The highest BCUT2D eigenvalue weighted by Gasteiger charge is 2.14. The zero-order chi connectivity index (χ0) is 21.8. The number of hydrogen-bond acceptors (Lipinski definition) is 2. The van der Waals surface area contributed by atoms with Gasteiger partial charge in [-0.15, -0.1) is 0 Å². The molecule has 0 aliphatic carbocycles. The predicted molar refractivity (Wildman–Crippen MR) is 127 cm³/mol. The second-order valence-electron chi connectivity index (χ2n) is 7.94. The number of nitrogens with zero attached hydrogens (tertiary/aromatic N) is 2. The maximum absolute atomic E-state index is 12.4. The fourth-order valence-corrected chi connectivity index (χ4v) is 4.02. The summed E-state index contributed by atoms with van der Waals surface area (Å²) >= 11 is 0. The number of benzene rings is 3. The van der Waals surface area contributed by atoms with Crippen LogP contribution < -0.4 is 5.32 Å². The van der Waals surface area contributed by atoms with Gasteiger partial charge in [-0.3, -0.25) is 4.79 Å². The lowest BCUT2D eigenvalue weighted by atomic mass is 9.99. The van der Waals surface area contributed by atoms with Gasteiger partial charge in [0.2, 0.25) is 5.91 Å². The summed E-state index contributed by atoms with van der Waals surface area (Å²) in [7, 11) is 0. The first-order valence-electron chi connectivity index (χ1n) is 10.5. The zero-order valence-corrected chi connectivity index (χ0v) is 18.2. The largest absolute Gasteiger partial charge is 0.345 e. The number of carbonyl (C=O) groups is 1. The first-order chi connectivity index (χ1) is 15.0. The van der Waals surface area contributed by atoms with Crippen LogP contribution in [0.2, 0.25) is 0 Å². The Labute approximate surface area is 183 Å². The normalized spacial score (nSPS) is 11.3. The van der Waals surface area contributed by atoms with E-state index in [4.69, 9.17) is 4.98 Å². The summed E-state index contributed by atoms with van der Waals surface area (Å²) in [6.45, 7) is 7.54. The summed E-state index contributed by atoms with van der Waals surface area (Å²) < 4.78 is 2.21. The molecule has 4 rings (SSSR count). The lowest BCUT2D eigenvalue weighted by Gasteiger charge is -2.15. The Morgan fingerprint density at radius 2 is 1.65 bits per heavy atom. The number of para-hydroxylation sites is 2. The van der Waals surface area contributed by atoms with Gasteiger partial charge in [-0.05, 0) is 61.2 Å². The van der Waals surface area contributed by atoms with E-state index in [1.807, 2.05) is 54.6 Å². The molecule has 4 heteroatoms. The lowest BCUT2D eigenvalue weighted by Crippen LogP contribution is -2.23. The van der Waals surface area contributed by atoms with Crippen LogP contribution in [0.3, 0.4) is 0 Å². The third kappa shape index (κ3) is 4.75. The van der Waals surface area contributed by atoms with Crippen LogP contribution in [0.5, 0.6) is 0 Å². The molecule has 4 aromatic rings. The summed E-state index contributed by atoms with van der Waals surface area (Å²) in [6.07, 6.45) is 3.38. The van der Waals surface area contributed by atoms with Crippen LogP contribution in [-0.2, 0) is 17.9 Å². The van der Waals surface area contributed by atoms with Crippen molar-refractivity contribution >= 4 is 23.0 Å². The molecule has 31 heavy (non-hydrogen) atoms.